The van der Waals surface area contributed by atoms with Crippen LogP contribution in [-0.4, -0.2) is 46.0 Å². The fourth-order valence-electron chi connectivity index (χ4n) is 3.29. The predicted octanol–water partition coefficient (Wildman–Crippen LogP) is 2.59. The van der Waals surface area contributed by atoms with Gasteiger partial charge in [0, 0.05) is 12.5 Å². The van der Waals surface area contributed by atoms with E-state index in [0.29, 0.717) is 17.8 Å². The Morgan fingerprint density at radius 2 is 2.07 bits per heavy atom. The Morgan fingerprint density at radius 3 is 2.73 bits per heavy atom. The second kappa shape index (κ2) is 8.32. The highest BCUT2D eigenvalue weighted by Gasteiger charge is 2.32. The van der Waals surface area contributed by atoms with Gasteiger partial charge in [-0.2, -0.15) is 5.10 Å². The van der Waals surface area contributed by atoms with Gasteiger partial charge < -0.3 is 10.1 Å². The zero-order valence-corrected chi connectivity index (χ0v) is 16.3. The Balaban J connectivity index is 1.47. The number of hydrogen-bond donors (Lipinski definition) is 1. The van der Waals surface area contributed by atoms with Crippen LogP contribution in [0.4, 0.5) is 14.9 Å². The lowest BCUT2D eigenvalue weighted by Gasteiger charge is -2.14. The molecule has 4 rings (SSSR count). The number of aromatic nitrogens is 3. The van der Waals surface area contributed by atoms with Crippen molar-refractivity contribution in [3.8, 4) is 11.1 Å². The summed E-state index contributed by atoms with van der Waals surface area (Å²) in [7, 11) is 0. The summed E-state index contributed by atoms with van der Waals surface area (Å²) < 4.78 is 21.7. The number of ether oxygens (including phenoxy) is 1. The average Bonchev–Trinajstić information content (AvgIpc) is 3.36. The molecule has 0 aliphatic carbocycles. The van der Waals surface area contributed by atoms with E-state index in [9.17, 15) is 14.0 Å². The minimum Gasteiger partial charge on any atom is -0.442 e. The number of cyclic esters (lactones) is 1. The molecule has 1 aromatic heterocycles. The molecule has 1 aliphatic rings. The molecule has 1 aliphatic heterocycles. The van der Waals surface area contributed by atoms with Crippen molar-refractivity contribution in [1.29, 1.82) is 0 Å². The van der Waals surface area contributed by atoms with Crippen LogP contribution in [0.2, 0.25) is 0 Å². The van der Waals surface area contributed by atoms with Gasteiger partial charge in [-0.25, -0.2) is 18.9 Å². The highest BCUT2D eigenvalue weighted by Crippen LogP contribution is 2.29. The van der Waals surface area contributed by atoms with Crippen molar-refractivity contribution in [3.05, 3.63) is 66.5 Å². The Morgan fingerprint density at radius 1 is 1.27 bits per heavy atom. The minimum atomic E-state index is -0.560. The number of carbonyl (C=O) groups is 2. The predicted molar refractivity (Wildman–Crippen MR) is 107 cm³/mol. The van der Waals surface area contributed by atoms with Gasteiger partial charge in [-0.15, -0.1) is 0 Å². The number of halogens is 1. The molecule has 2 heterocycles. The molecule has 3 aromatic rings. The lowest BCUT2D eigenvalue weighted by atomic mass is 10.0. The van der Waals surface area contributed by atoms with Gasteiger partial charge >= 0.3 is 6.09 Å². The van der Waals surface area contributed by atoms with E-state index in [1.165, 1.54) is 24.2 Å². The maximum atomic E-state index is 14.8. The number of amides is 2. The molecule has 8 nitrogen and oxygen atoms in total. The molecule has 0 bridgehead atoms. The van der Waals surface area contributed by atoms with Crippen LogP contribution in [0.3, 0.4) is 0 Å². The Kier molecular flexibility index (Phi) is 5.42. The van der Waals surface area contributed by atoms with Crippen molar-refractivity contribution in [2.24, 2.45) is 0 Å². The fraction of sp³-hybridized carbons (Fsp3) is 0.238. The number of rotatable bonds is 6. The first-order chi connectivity index (χ1) is 14.5. The van der Waals surface area contributed by atoms with Gasteiger partial charge in [-0.3, -0.25) is 9.69 Å². The first-order valence-corrected chi connectivity index (χ1v) is 9.43. The second-order valence-corrected chi connectivity index (χ2v) is 7.01. The molecule has 1 atom stereocenters. The summed E-state index contributed by atoms with van der Waals surface area (Å²) in [6.07, 6.45) is 2.08. The number of nitrogens with one attached hydrogen (secondary N) is 1. The first kappa shape index (κ1) is 19.6. The summed E-state index contributed by atoms with van der Waals surface area (Å²) in [6, 6.07) is 12.2. The molecular formula is C21H20FN5O3. The van der Waals surface area contributed by atoms with E-state index in [-0.39, 0.29) is 19.0 Å². The highest BCUT2D eigenvalue weighted by molar-refractivity contribution is 5.90. The topological polar surface area (TPSA) is 89.4 Å². The van der Waals surface area contributed by atoms with Crippen molar-refractivity contribution in [2.75, 3.05) is 18.0 Å². The van der Waals surface area contributed by atoms with Gasteiger partial charge in [0.05, 0.1) is 25.3 Å². The van der Waals surface area contributed by atoms with Crippen LogP contribution in [0.5, 0.6) is 0 Å². The molecule has 1 N–H and O–H groups in total. The summed E-state index contributed by atoms with van der Waals surface area (Å²) in [4.78, 5) is 28.4. The van der Waals surface area contributed by atoms with E-state index in [2.05, 4.69) is 15.4 Å². The average molecular weight is 409 g/mol. The number of carbonyl (C=O) groups excluding carboxylic acids is 2. The monoisotopic (exact) mass is 409 g/mol. The van der Waals surface area contributed by atoms with Crippen molar-refractivity contribution < 1.29 is 18.7 Å². The van der Waals surface area contributed by atoms with Crippen LogP contribution in [-0.2, 0) is 16.1 Å². The normalized spacial score (nSPS) is 15.9. The van der Waals surface area contributed by atoms with Crippen LogP contribution in [0.25, 0.3) is 11.1 Å². The van der Waals surface area contributed by atoms with E-state index in [4.69, 9.17) is 4.74 Å². The first-order valence-electron chi connectivity index (χ1n) is 9.43. The molecule has 1 saturated heterocycles. The van der Waals surface area contributed by atoms with Crippen LogP contribution >= 0.6 is 0 Å². The summed E-state index contributed by atoms with van der Waals surface area (Å²) in [6.45, 7) is 2.44. The highest BCUT2D eigenvalue weighted by atomic mass is 19.1. The maximum absolute atomic E-state index is 14.8. The largest absolute Gasteiger partial charge is 0.442 e. The lowest BCUT2D eigenvalue weighted by molar-refractivity contribution is -0.119. The van der Waals surface area contributed by atoms with E-state index >= 15 is 0 Å². The van der Waals surface area contributed by atoms with Crippen molar-refractivity contribution >= 4 is 17.7 Å². The summed E-state index contributed by atoms with van der Waals surface area (Å²) >= 11 is 0. The Labute approximate surface area is 172 Å². The molecule has 30 heavy (non-hydrogen) atoms. The lowest BCUT2D eigenvalue weighted by Crippen LogP contribution is -2.33. The minimum absolute atomic E-state index is 0.202. The summed E-state index contributed by atoms with van der Waals surface area (Å²) in [5, 5.41) is 6.68. The second-order valence-electron chi connectivity index (χ2n) is 7.01. The van der Waals surface area contributed by atoms with E-state index < -0.39 is 18.0 Å². The van der Waals surface area contributed by atoms with Gasteiger partial charge in [-0.05, 0) is 29.3 Å². The van der Waals surface area contributed by atoms with Gasteiger partial charge in [-0.1, -0.05) is 24.3 Å². The third-order valence-electron chi connectivity index (χ3n) is 4.79. The zero-order valence-electron chi connectivity index (χ0n) is 16.3. The van der Waals surface area contributed by atoms with E-state index in [1.807, 2.05) is 24.3 Å². The quantitative estimate of drug-likeness (QED) is 0.676. The third kappa shape index (κ3) is 4.29. The summed E-state index contributed by atoms with van der Waals surface area (Å²) in [5.74, 6) is -0.637. The van der Waals surface area contributed by atoms with E-state index in [0.717, 1.165) is 11.1 Å². The SMILES string of the molecule is CC(=O)NCC1CN(c2ccc(-c3ccc(Cn4cncn4)cc3)c(F)c2)C(=O)O1. The van der Waals surface area contributed by atoms with E-state index in [1.54, 1.807) is 23.1 Å². The Bertz CT molecular complexity index is 1050. The van der Waals surface area contributed by atoms with Crippen LogP contribution < -0.4 is 10.2 Å². The zero-order chi connectivity index (χ0) is 21.1. The molecular weight excluding hydrogens is 389 g/mol. The molecule has 0 spiro atoms. The van der Waals surface area contributed by atoms with Crippen molar-refractivity contribution in [2.45, 2.75) is 19.6 Å². The maximum Gasteiger partial charge on any atom is 0.414 e. The van der Waals surface area contributed by atoms with Crippen LogP contribution in [0.1, 0.15) is 12.5 Å². The van der Waals surface area contributed by atoms with Gasteiger partial charge in [0.25, 0.3) is 0 Å². The standard InChI is InChI=1S/C21H20FN5O3/c1-14(28)24-9-18-11-27(21(29)30-18)17-6-7-19(20(22)8-17)16-4-2-15(3-5-16)10-26-13-23-12-25-26/h2-8,12-13,18H,9-11H2,1H3,(H,24,28). The number of benzene rings is 2. The molecule has 2 amide bonds. The molecule has 0 radical (unpaired) electrons. The van der Waals surface area contributed by atoms with Crippen molar-refractivity contribution in [3.63, 3.8) is 0 Å². The van der Waals surface area contributed by atoms with Crippen molar-refractivity contribution in [1.82, 2.24) is 20.1 Å². The van der Waals surface area contributed by atoms with Crippen LogP contribution in [0.15, 0.2) is 55.1 Å². The fourth-order valence-corrected chi connectivity index (χ4v) is 3.29. The number of nitrogens with zero attached hydrogens (tertiary/aromatic N) is 4. The van der Waals surface area contributed by atoms with Gasteiger partial charge in [0.2, 0.25) is 5.91 Å². The van der Waals surface area contributed by atoms with Gasteiger partial charge in [0.15, 0.2) is 0 Å². The molecule has 154 valence electrons. The molecule has 9 heteroatoms. The third-order valence-corrected chi connectivity index (χ3v) is 4.79. The number of hydrogen-bond acceptors (Lipinski definition) is 5. The number of anilines is 1. The molecule has 1 fully saturated rings. The smallest absolute Gasteiger partial charge is 0.414 e. The molecule has 0 saturated carbocycles. The summed E-state index contributed by atoms with van der Waals surface area (Å²) in [5.41, 5.74) is 2.60. The Hall–Kier alpha value is -3.75. The van der Waals surface area contributed by atoms with Gasteiger partial charge in [0.1, 0.15) is 24.6 Å². The van der Waals surface area contributed by atoms with Crippen LogP contribution in [0, 0.1) is 5.82 Å². The molecule has 2 aromatic carbocycles. The molecule has 1 unspecified atom stereocenters.